The van der Waals surface area contributed by atoms with Gasteiger partial charge in [-0.1, -0.05) is 56.3 Å². The van der Waals surface area contributed by atoms with Crippen molar-refractivity contribution < 1.29 is 9.90 Å². The van der Waals surface area contributed by atoms with E-state index in [-0.39, 0.29) is 11.7 Å². The number of aromatic nitrogens is 1. The summed E-state index contributed by atoms with van der Waals surface area (Å²) in [5.74, 6) is -0.248. The molecule has 0 atom stereocenters. The quantitative estimate of drug-likeness (QED) is 0.682. The Hall–Kier alpha value is -2.55. The Bertz CT molecular complexity index is 757. The zero-order chi connectivity index (χ0) is 15.4. The summed E-state index contributed by atoms with van der Waals surface area (Å²) in [6, 6.07) is 14.7. The lowest BCUT2D eigenvalue weighted by Crippen LogP contribution is -2.00. The minimum atomic E-state index is -0.173. The largest absolute Gasteiger partial charge is 0.494 e. The number of aromatic hydroxyl groups is 1. The Labute approximate surface area is 124 Å². The van der Waals surface area contributed by atoms with E-state index in [4.69, 9.17) is 0 Å². The molecule has 2 N–H and O–H groups in total. The van der Waals surface area contributed by atoms with E-state index in [1.807, 2.05) is 57.2 Å². The Balaban J connectivity index is 0.000000774. The molecule has 21 heavy (non-hydrogen) atoms. The van der Waals surface area contributed by atoms with Crippen molar-refractivity contribution in [1.82, 2.24) is 4.98 Å². The molecule has 0 saturated heterocycles. The molecule has 1 aromatic heterocycles. The van der Waals surface area contributed by atoms with Gasteiger partial charge in [-0.25, -0.2) is 0 Å². The highest BCUT2D eigenvalue weighted by molar-refractivity contribution is 6.18. The molecular formula is C18H19NO2. The molecule has 0 aliphatic rings. The normalized spacial score (nSPS) is 10.0. The van der Waals surface area contributed by atoms with Crippen LogP contribution in [0.15, 0.2) is 48.5 Å². The van der Waals surface area contributed by atoms with E-state index in [0.29, 0.717) is 11.1 Å². The average Bonchev–Trinajstić information content (AvgIpc) is 2.84. The second-order valence-electron chi connectivity index (χ2n) is 4.59. The number of ketones is 1. The molecule has 2 aromatic carbocycles. The van der Waals surface area contributed by atoms with E-state index in [9.17, 15) is 9.90 Å². The Kier molecular flexibility index (Phi) is 4.43. The molecule has 108 valence electrons. The number of nitrogens with one attached hydrogen (secondary N) is 1. The van der Waals surface area contributed by atoms with Gasteiger partial charge in [0.1, 0.15) is 0 Å². The predicted octanol–water partition coefficient (Wildman–Crippen LogP) is 4.44. The minimum absolute atomic E-state index is 0.0746. The average molecular weight is 281 g/mol. The molecule has 3 rings (SSSR count). The molecule has 1 heterocycles. The van der Waals surface area contributed by atoms with Gasteiger partial charge in [0.2, 0.25) is 5.88 Å². The first-order valence-corrected chi connectivity index (χ1v) is 7.08. The number of aryl methyl sites for hydroxylation is 1. The summed E-state index contributed by atoms with van der Waals surface area (Å²) < 4.78 is 0. The van der Waals surface area contributed by atoms with Gasteiger partial charge in [0, 0.05) is 16.5 Å². The Morgan fingerprint density at radius 2 is 1.71 bits per heavy atom. The SMILES string of the molecule is CC.Cc1ccc2c(C(=O)c3ccccc3)c(O)[nH]c2c1. The van der Waals surface area contributed by atoms with Gasteiger partial charge in [0.25, 0.3) is 0 Å². The second-order valence-corrected chi connectivity index (χ2v) is 4.59. The van der Waals surface area contributed by atoms with Crippen LogP contribution in [0, 0.1) is 6.92 Å². The minimum Gasteiger partial charge on any atom is -0.494 e. The second kappa shape index (κ2) is 6.27. The molecule has 0 bridgehead atoms. The van der Waals surface area contributed by atoms with Crippen molar-refractivity contribution in [3.8, 4) is 5.88 Å². The number of carbonyl (C=O) groups is 1. The van der Waals surface area contributed by atoms with Crippen LogP contribution in [0.1, 0.15) is 35.3 Å². The first-order valence-electron chi connectivity index (χ1n) is 7.08. The summed E-state index contributed by atoms with van der Waals surface area (Å²) in [5, 5.41) is 10.7. The molecule has 3 nitrogen and oxygen atoms in total. The first kappa shape index (κ1) is 14.9. The third-order valence-electron chi connectivity index (χ3n) is 3.20. The first-order chi connectivity index (χ1) is 10.2. The van der Waals surface area contributed by atoms with Crippen LogP contribution in [0.3, 0.4) is 0 Å². The van der Waals surface area contributed by atoms with E-state index < -0.39 is 0 Å². The van der Waals surface area contributed by atoms with Gasteiger partial charge in [0.05, 0.1) is 5.56 Å². The van der Waals surface area contributed by atoms with Gasteiger partial charge in [0.15, 0.2) is 5.78 Å². The maximum Gasteiger partial charge on any atom is 0.200 e. The van der Waals surface area contributed by atoms with Crippen LogP contribution in [0.2, 0.25) is 0 Å². The number of fused-ring (bicyclic) bond motifs is 1. The smallest absolute Gasteiger partial charge is 0.200 e. The summed E-state index contributed by atoms with van der Waals surface area (Å²) in [6.45, 7) is 5.97. The van der Waals surface area contributed by atoms with Gasteiger partial charge in [-0.3, -0.25) is 4.79 Å². The lowest BCUT2D eigenvalue weighted by atomic mass is 10.0. The molecule has 0 fully saturated rings. The predicted molar refractivity (Wildman–Crippen MR) is 85.9 cm³/mol. The zero-order valence-electron chi connectivity index (χ0n) is 12.5. The lowest BCUT2D eigenvalue weighted by Gasteiger charge is -2.00. The molecule has 0 saturated carbocycles. The molecular weight excluding hydrogens is 262 g/mol. The number of rotatable bonds is 2. The summed E-state index contributed by atoms with van der Waals surface area (Å²) in [5.41, 5.74) is 2.75. The number of carbonyl (C=O) groups excluding carboxylic acids is 1. The van der Waals surface area contributed by atoms with E-state index in [1.54, 1.807) is 12.1 Å². The van der Waals surface area contributed by atoms with Crippen molar-refractivity contribution in [3.05, 3.63) is 65.2 Å². The fourth-order valence-electron chi connectivity index (χ4n) is 2.26. The molecule has 0 aliphatic carbocycles. The van der Waals surface area contributed by atoms with Gasteiger partial charge in [-0.2, -0.15) is 0 Å². The molecule has 0 unspecified atom stereocenters. The number of H-pyrrole nitrogens is 1. The summed E-state index contributed by atoms with van der Waals surface area (Å²) >= 11 is 0. The molecule has 0 aliphatic heterocycles. The highest BCUT2D eigenvalue weighted by Gasteiger charge is 2.19. The van der Waals surface area contributed by atoms with Crippen molar-refractivity contribution >= 4 is 16.7 Å². The van der Waals surface area contributed by atoms with Gasteiger partial charge >= 0.3 is 0 Å². The van der Waals surface area contributed by atoms with Crippen LogP contribution < -0.4 is 0 Å². The van der Waals surface area contributed by atoms with E-state index in [2.05, 4.69) is 4.98 Å². The van der Waals surface area contributed by atoms with Crippen LogP contribution in [-0.2, 0) is 0 Å². The van der Waals surface area contributed by atoms with Crippen LogP contribution in [0.4, 0.5) is 0 Å². The fourth-order valence-corrected chi connectivity index (χ4v) is 2.26. The summed E-state index contributed by atoms with van der Waals surface area (Å²) in [7, 11) is 0. The van der Waals surface area contributed by atoms with E-state index in [0.717, 1.165) is 16.5 Å². The maximum absolute atomic E-state index is 12.4. The summed E-state index contributed by atoms with van der Waals surface area (Å²) in [4.78, 5) is 15.3. The molecule has 3 aromatic rings. The molecule has 3 heteroatoms. The highest BCUT2D eigenvalue weighted by Crippen LogP contribution is 2.29. The lowest BCUT2D eigenvalue weighted by molar-refractivity contribution is 0.103. The van der Waals surface area contributed by atoms with Crippen LogP contribution in [0.5, 0.6) is 5.88 Å². The van der Waals surface area contributed by atoms with Crippen molar-refractivity contribution in [2.45, 2.75) is 20.8 Å². The monoisotopic (exact) mass is 281 g/mol. The van der Waals surface area contributed by atoms with Crippen molar-refractivity contribution in [3.63, 3.8) is 0 Å². The number of benzene rings is 2. The third kappa shape index (κ3) is 2.82. The van der Waals surface area contributed by atoms with Crippen molar-refractivity contribution in [2.75, 3.05) is 0 Å². The number of hydrogen-bond acceptors (Lipinski definition) is 2. The van der Waals surface area contributed by atoms with E-state index in [1.165, 1.54) is 0 Å². The Morgan fingerprint density at radius 3 is 2.38 bits per heavy atom. The van der Waals surface area contributed by atoms with Crippen LogP contribution in [-0.4, -0.2) is 15.9 Å². The highest BCUT2D eigenvalue weighted by atomic mass is 16.3. The zero-order valence-corrected chi connectivity index (χ0v) is 12.5. The number of aromatic amines is 1. The molecule has 0 spiro atoms. The van der Waals surface area contributed by atoms with Crippen molar-refractivity contribution in [1.29, 1.82) is 0 Å². The van der Waals surface area contributed by atoms with Gasteiger partial charge < -0.3 is 10.1 Å². The summed E-state index contributed by atoms with van der Waals surface area (Å²) in [6.07, 6.45) is 0. The van der Waals surface area contributed by atoms with Crippen LogP contribution in [0.25, 0.3) is 10.9 Å². The van der Waals surface area contributed by atoms with E-state index >= 15 is 0 Å². The third-order valence-corrected chi connectivity index (χ3v) is 3.20. The maximum atomic E-state index is 12.4. The standard InChI is InChI=1S/C16H13NO2.C2H6/c1-10-7-8-12-13(9-10)17-16(19)14(12)15(18)11-5-3-2-4-6-11;1-2/h2-9,17,19H,1H3;1-2H3. The van der Waals surface area contributed by atoms with Crippen LogP contribution >= 0.6 is 0 Å². The molecule has 0 radical (unpaired) electrons. The van der Waals surface area contributed by atoms with Gasteiger partial charge in [-0.05, 0) is 18.6 Å². The van der Waals surface area contributed by atoms with Crippen molar-refractivity contribution in [2.24, 2.45) is 0 Å². The Morgan fingerprint density at radius 1 is 1.05 bits per heavy atom. The number of hydrogen-bond donors (Lipinski definition) is 2. The van der Waals surface area contributed by atoms with Gasteiger partial charge in [-0.15, -0.1) is 0 Å². The fraction of sp³-hybridized carbons (Fsp3) is 0.167. The molecule has 0 amide bonds. The topological polar surface area (TPSA) is 53.1 Å².